The summed E-state index contributed by atoms with van der Waals surface area (Å²) in [5, 5.41) is 14.7. The van der Waals surface area contributed by atoms with Crippen molar-refractivity contribution in [3.63, 3.8) is 0 Å². The zero-order valence-electron chi connectivity index (χ0n) is 15.7. The van der Waals surface area contributed by atoms with Crippen molar-refractivity contribution >= 4 is 33.6 Å². The summed E-state index contributed by atoms with van der Waals surface area (Å²) < 4.78 is 5.89. The fourth-order valence-corrected chi connectivity index (χ4v) is 4.32. The van der Waals surface area contributed by atoms with Gasteiger partial charge in [0.2, 0.25) is 5.88 Å². The van der Waals surface area contributed by atoms with Gasteiger partial charge in [-0.1, -0.05) is 0 Å². The zero-order chi connectivity index (χ0) is 19.8. The summed E-state index contributed by atoms with van der Waals surface area (Å²) in [6.45, 7) is 4.94. The highest BCUT2D eigenvalue weighted by atomic mass is 79.9. The lowest BCUT2D eigenvalue weighted by Gasteiger charge is -2.27. The van der Waals surface area contributed by atoms with E-state index in [0.717, 1.165) is 12.8 Å². The lowest BCUT2D eigenvalue weighted by Crippen LogP contribution is -2.47. The second-order valence-corrected chi connectivity index (χ2v) is 8.40. The number of ether oxygens (including phenoxy) is 1. The van der Waals surface area contributed by atoms with Crippen LogP contribution in [0.25, 0.3) is 0 Å². The van der Waals surface area contributed by atoms with E-state index in [9.17, 15) is 9.59 Å². The number of carbonyl (C=O) groups excluding carboxylic acids is 1. The van der Waals surface area contributed by atoms with Gasteiger partial charge in [-0.2, -0.15) is 0 Å². The number of hydrogen-bond acceptors (Lipinski definition) is 5. The van der Waals surface area contributed by atoms with Crippen molar-refractivity contribution in [1.82, 2.24) is 15.6 Å². The number of nitrogens with zero attached hydrogens (tertiary/aromatic N) is 2. The Morgan fingerprint density at radius 2 is 2.19 bits per heavy atom. The van der Waals surface area contributed by atoms with E-state index in [1.807, 2.05) is 18.7 Å². The molecular weight excluding hydrogens is 416 g/mol. The molecule has 2 fully saturated rings. The summed E-state index contributed by atoms with van der Waals surface area (Å²) in [6, 6.07) is 0.115. The molecule has 2 heterocycles. The highest BCUT2D eigenvalue weighted by Crippen LogP contribution is 2.40. The molecule has 1 saturated carbocycles. The predicted molar refractivity (Wildman–Crippen MR) is 105 cm³/mol. The third-order valence-electron chi connectivity index (χ3n) is 5.29. The molecule has 0 spiro atoms. The number of amides is 2. The first-order valence-electron chi connectivity index (χ1n) is 9.03. The number of nitrogens with one attached hydrogen (secondary N) is 2. The Balaban J connectivity index is 1.90. The van der Waals surface area contributed by atoms with E-state index in [0.29, 0.717) is 47.0 Å². The number of hydrogen-bond donors (Lipinski definition) is 3. The van der Waals surface area contributed by atoms with Crippen molar-refractivity contribution in [3.8, 4) is 5.88 Å². The summed E-state index contributed by atoms with van der Waals surface area (Å²) in [5.41, 5.74) is 0.546. The standard InChI is InChI=1S/C18H25BrN4O4/c1-10(11-4-5-11)21-15(24)12-8-20-16(27-3)13(19)14(12)23-7-6-18(2,9-23)22-17(25)26/h8,10-11,22H,4-7,9H2,1-3H3,(H,21,24)(H,25,26)/t10-,18?/m0/s1. The summed E-state index contributed by atoms with van der Waals surface area (Å²) >= 11 is 3.52. The van der Waals surface area contributed by atoms with Gasteiger partial charge in [0.25, 0.3) is 5.91 Å². The van der Waals surface area contributed by atoms with Crippen LogP contribution in [0.1, 0.15) is 43.5 Å². The number of pyridine rings is 1. The summed E-state index contributed by atoms with van der Waals surface area (Å²) in [6.07, 6.45) is 3.39. The van der Waals surface area contributed by atoms with Gasteiger partial charge in [0.1, 0.15) is 4.47 Å². The van der Waals surface area contributed by atoms with Crippen molar-refractivity contribution in [1.29, 1.82) is 0 Å². The Kier molecular flexibility index (Phi) is 5.50. The summed E-state index contributed by atoms with van der Waals surface area (Å²) in [7, 11) is 1.52. The van der Waals surface area contributed by atoms with E-state index >= 15 is 0 Å². The Morgan fingerprint density at radius 3 is 2.78 bits per heavy atom. The van der Waals surface area contributed by atoms with Gasteiger partial charge in [-0.05, 0) is 55.0 Å². The monoisotopic (exact) mass is 440 g/mol. The van der Waals surface area contributed by atoms with E-state index in [-0.39, 0.29) is 11.9 Å². The molecule has 9 heteroatoms. The molecule has 3 rings (SSSR count). The molecule has 1 aromatic heterocycles. The third kappa shape index (κ3) is 4.28. The minimum Gasteiger partial charge on any atom is -0.480 e. The second-order valence-electron chi connectivity index (χ2n) is 7.61. The number of carbonyl (C=O) groups is 2. The molecule has 2 atom stereocenters. The van der Waals surface area contributed by atoms with Crippen molar-refractivity contribution in [2.45, 2.75) is 44.7 Å². The minimum atomic E-state index is -1.05. The van der Waals surface area contributed by atoms with Crippen LogP contribution >= 0.6 is 15.9 Å². The highest BCUT2D eigenvalue weighted by molar-refractivity contribution is 9.10. The van der Waals surface area contributed by atoms with Gasteiger partial charge < -0.3 is 25.4 Å². The molecule has 0 aromatic carbocycles. The Bertz CT molecular complexity index is 755. The molecule has 148 valence electrons. The molecule has 3 N–H and O–H groups in total. The Labute approximate surface area is 166 Å². The number of methoxy groups -OCH3 is 1. The van der Waals surface area contributed by atoms with Crippen LogP contribution in [0.2, 0.25) is 0 Å². The molecule has 27 heavy (non-hydrogen) atoms. The molecule has 1 aliphatic carbocycles. The quantitative estimate of drug-likeness (QED) is 0.627. The van der Waals surface area contributed by atoms with Crippen LogP contribution in [-0.4, -0.2) is 53.9 Å². The van der Waals surface area contributed by atoms with E-state index in [2.05, 4.69) is 31.5 Å². The smallest absolute Gasteiger partial charge is 0.405 e. The average molecular weight is 441 g/mol. The van der Waals surface area contributed by atoms with Gasteiger partial charge in [0.15, 0.2) is 0 Å². The second kappa shape index (κ2) is 7.53. The molecule has 8 nitrogen and oxygen atoms in total. The van der Waals surface area contributed by atoms with Crippen molar-refractivity contribution in [2.75, 3.05) is 25.1 Å². The van der Waals surface area contributed by atoms with Gasteiger partial charge >= 0.3 is 6.09 Å². The van der Waals surface area contributed by atoms with Gasteiger partial charge in [-0.25, -0.2) is 9.78 Å². The first-order chi connectivity index (χ1) is 12.7. The maximum absolute atomic E-state index is 12.9. The van der Waals surface area contributed by atoms with Crippen molar-refractivity contribution in [3.05, 3.63) is 16.2 Å². The lowest BCUT2D eigenvalue weighted by atomic mass is 10.0. The SMILES string of the molecule is COc1ncc(C(=O)N[C@@H](C)C2CC2)c(N2CCC(C)(NC(=O)O)C2)c1Br. The van der Waals surface area contributed by atoms with Crippen LogP contribution in [0, 0.1) is 5.92 Å². The van der Waals surface area contributed by atoms with Crippen molar-refractivity contribution in [2.24, 2.45) is 5.92 Å². The highest BCUT2D eigenvalue weighted by Gasteiger charge is 2.38. The van der Waals surface area contributed by atoms with Gasteiger partial charge in [-0.3, -0.25) is 4.79 Å². The van der Waals surface area contributed by atoms with E-state index in [1.165, 1.54) is 13.3 Å². The van der Waals surface area contributed by atoms with Gasteiger partial charge in [0, 0.05) is 25.3 Å². The van der Waals surface area contributed by atoms with Crippen LogP contribution in [0.4, 0.5) is 10.5 Å². The Hall–Kier alpha value is -2.03. The number of carboxylic acid groups (broad SMARTS) is 1. The van der Waals surface area contributed by atoms with Crippen LogP contribution in [0.15, 0.2) is 10.7 Å². The fourth-order valence-electron chi connectivity index (χ4n) is 3.59. The van der Waals surface area contributed by atoms with Crippen LogP contribution in [0.3, 0.4) is 0 Å². The maximum Gasteiger partial charge on any atom is 0.405 e. The van der Waals surface area contributed by atoms with Crippen LogP contribution in [0.5, 0.6) is 5.88 Å². The van der Waals surface area contributed by atoms with E-state index in [4.69, 9.17) is 9.84 Å². The van der Waals surface area contributed by atoms with E-state index in [1.54, 1.807) is 0 Å². The molecule has 2 amide bonds. The molecule has 0 bridgehead atoms. The van der Waals surface area contributed by atoms with Crippen LogP contribution in [-0.2, 0) is 0 Å². The largest absolute Gasteiger partial charge is 0.480 e. The normalized spacial score (nSPS) is 23.0. The topological polar surface area (TPSA) is 104 Å². The van der Waals surface area contributed by atoms with Crippen molar-refractivity contribution < 1.29 is 19.4 Å². The number of rotatable bonds is 6. The van der Waals surface area contributed by atoms with Gasteiger partial charge in [0.05, 0.1) is 23.9 Å². The Morgan fingerprint density at radius 1 is 1.48 bits per heavy atom. The molecule has 0 radical (unpaired) electrons. The molecule has 1 aliphatic heterocycles. The molecule has 1 unspecified atom stereocenters. The minimum absolute atomic E-state index is 0.115. The zero-order valence-corrected chi connectivity index (χ0v) is 17.3. The first-order valence-corrected chi connectivity index (χ1v) is 9.83. The van der Waals surface area contributed by atoms with Gasteiger partial charge in [-0.15, -0.1) is 0 Å². The third-order valence-corrected chi connectivity index (χ3v) is 6.00. The lowest BCUT2D eigenvalue weighted by molar-refractivity contribution is 0.0935. The molecule has 2 aliphatic rings. The summed E-state index contributed by atoms with van der Waals surface area (Å²) in [4.78, 5) is 30.2. The fraction of sp³-hybridized carbons (Fsp3) is 0.611. The molecule has 1 saturated heterocycles. The van der Waals surface area contributed by atoms with Crippen LogP contribution < -0.4 is 20.3 Å². The summed E-state index contributed by atoms with van der Waals surface area (Å²) in [5.74, 6) is 0.749. The number of aromatic nitrogens is 1. The molecule has 1 aromatic rings. The first kappa shape index (κ1) is 19.7. The number of anilines is 1. The van der Waals surface area contributed by atoms with E-state index < -0.39 is 11.6 Å². The maximum atomic E-state index is 12.9. The predicted octanol–water partition coefficient (Wildman–Crippen LogP) is 2.62. The average Bonchev–Trinajstić information content (AvgIpc) is 3.37. The molecular formula is C18H25BrN4O4. The number of halogens is 1.